The number of benzene rings is 1. The minimum absolute atomic E-state index is 0.219. The van der Waals surface area contributed by atoms with E-state index in [-0.39, 0.29) is 18.0 Å². The fraction of sp³-hybridized carbons (Fsp3) is 0.417. The fourth-order valence-corrected chi connectivity index (χ4v) is 1.82. The molecule has 1 fully saturated rings. The first kappa shape index (κ1) is 11.9. The molecule has 1 heterocycles. The van der Waals surface area contributed by atoms with Crippen LogP contribution in [0.15, 0.2) is 24.3 Å². The van der Waals surface area contributed by atoms with Crippen molar-refractivity contribution in [3.63, 3.8) is 0 Å². The zero-order chi connectivity index (χ0) is 12.3. The first-order valence-corrected chi connectivity index (χ1v) is 5.40. The molecule has 17 heavy (non-hydrogen) atoms. The molecule has 5 heteroatoms. The van der Waals surface area contributed by atoms with Gasteiger partial charge in [-0.25, -0.2) is 9.18 Å². The highest BCUT2D eigenvalue weighted by Gasteiger charge is 2.25. The molecule has 0 spiro atoms. The van der Waals surface area contributed by atoms with E-state index in [0.29, 0.717) is 19.7 Å². The van der Waals surface area contributed by atoms with Gasteiger partial charge in [0, 0.05) is 6.54 Å². The molecule has 0 unspecified atom stereocenters. The van der Waals surface area contributed by atoms with E-state index in [4.69, 9.17) is 4.74 Å². The maximum absolute atomic E-state index is 12.8. The highest BCUT2D eigenvalue weighted by Crippen LogP contribution is 2.22. The minimum Gasteiger partial charge on any atom is -0.453 e. The summed E-state index contributed by atoms with van der Waals surface area (Å²) in [5.41, 5.74) is 0.861. The van der Waals surface area contributed by atoms with E-state index in [9.17, 15) is 9.18 Å². The Bertz CT molecular complexity index is 393. The Morgan fingerprint density at radius 3 is 2.82 bits per heavy atom. The van der Waals surface area contributed by atoms with Crippen molar-refractivity contribution in [3.05, 3.63) is 35.6 Å². The summed E-state index contributed by atoms with van der Waals surface area (Å²) in [5.74, 6) is -0.283. The second-order valence-corrected chi connectivity index (χ2v) is 3.83. The van der Waals surface area contributed by atoms with Gasteiger partial charge >= 0.3 is 6.09 Å². The number of carbonyl (C=O) groups is 1. The number of amides is 1. The highest BCUT2D eigenvalue weighted by molar-refractivity contribution is 5.67. The average Bonchev–Trinajstić information content (AvgIpc) is 2.39. The van der Waals surface area contributed by atoms with E-state index >= 15 is 0 Å². The Kier molecular flexibility index (Phi) is 3.58. The number of ether oxygens (including phenoxy) is 2. The third-order valence-electron chi connectivity index (χ3n) is 2.74. The summed E-state index contributed by atoms with van der Waals surface area (Å²) >= 11 is 0. The lowest BCUT2D eigenvalue weighted by molar-refractivity contribution is -0.0258. The molecule has 0 N–H and O–H groups in total. The van der Waals surface area contributed by atoms with Gasteiger partial charge in [-0.15, -0.1) is 0 Å². The van der Waals surface area contributed by atoms with E-state index < -0.39 is 0 Å². The largest absolute Gasteiger partial charge is 0.453 e. The minimum atomic E-state index is -0.361. The molecular formula is C12H14FNO3. The molecule has 1 atom stereocenters. The normalized spacial score (nSPS) is 20.1. The van der Waals surface area contributed by atoms with Crippen LogP contribution in [0.5, 0.6) is 0 Å². The number of halogens is 1. The topological polar surface area (TPSA) is 38.8 Å². The third kappa shape index (κ3) is 2.74. The summed E-state index contributed by atoms with van der Waals surface area (Å²) in [6.45, 7) is 1.40. The van der Waals surface area contributed by atoms with Gasteiger partial charge in [-0.1, -0.05) is 12.1 Å². The molecule has 0 bridgehead atoms. The lowest BCUT2D eigenvalue weighted by Gasteiger charge is -2.32. The van der Waals surface area contributed by atoms with E-state index in [2.05, 4.69) is 4.74 Å². The first-order chi connectivity index (χ1) is 8.20. The Hall–Kier alpha value is -1.62. The molecule has 1 aromatic carbocycles. The van der Waals surface area contributed by atoms with Crippen molar-refractivity contribution >= 4 is 6.09 Å². The molecule has 4 nitrogen and oxygen atoms in total. The highest BCUT2D eigenvalue weighted by atomic mass is 19.1. The number of carbonyl (C=O) groups excluding carboxylic acids is 1. The summed E-state index contributed by atoms with van der Waals surface area (Å²) in [6, 6.07) is 6.10. The maximum atomic E-state index is 12.8. The van der Waals surface area contributed by atoms with Crippen LogP contribution in [-0.2, 0) is 9.47 Å². The molecule has 1 aliphatic rings. The smallest absolute Gasteiger partial charge is 0.409 e. The van der Waals surface area contributed by atoms with Crippen molar-refractivity contribution in [3.8, 4) is 0 Å². The van der Waals surface area contributed by atoms with Crippen molar-refractivity contribution in [1.29, 1.82) is 0 Å². The average molecular weight is 239 g/mol. The quantitative estimate of drug-likeness (QED) is 0.752. The van der Waals surface area contributed by atoms with Crippen LogP contribution >= 0.6 is 0 Å². The van der Waals surface area contributed by atoms with Crippen molar-refractivity contribution < 1.29 is 18.7 Å². The molecule has 1 saturated heterocycles. The second-order valence-electron chi connectivity index (χ2n) is 3.83. The van der Waals surface area contributed by atoms with Crippen LogP contribution in [0.25, 0.3) is 0 Å². The van der Waals surface area contributed by atoms with Gasteiger partial charge < -0.3 is 14.4 Å². The molecule has 0 radical (unpaired) electrons. The lowest BCUT2D eigenvalue weighted by atomic mass is 10.1. The Labute approximate surface area is 98.9 Å². The Morgan fingerprint density at radius 2 is 2.18 bits per heavy atom. The van der Waals surface area contributed by atoms with E-state index in [1.165, 1.54) is 19.2 Å². The predicted octanol–water partition coefficient (Wildman–Crippen LogP) is 1.97. The van der Waals surface area contributed by atoms with Gasteiger partial charge in [-0.05, 0) is 17.7 Å². The van der Waals surface area contributed by atoms with Gasteiger partial charge in [-0.2, -0.15) is 0 Å². The van der Waals surface area contributed by atoms with Gasteiger partial charge in [0.15, 0.2) is 0 Å². The van der Waals surface area contributed by atoms with Gasteiger partial charge in [-0.3, -0.25) is 0 Å². The summed E-state index contributed by atoms with van der Waals surface area (Å²) in [6.07, 6.45) is -0.580. The number of methoxy groups -OCH3 is 1. The molecule has 92 valence electrons. The number of hydrogen-bond acceptors (Lipinski definition) is 3. The van der Waals surface area contributed by atoms with Crippen molar-refractivity contribution in [2.75, 3.05) is 26.8 Å². The molecule has 1 amide bonds. The SMILES string of the molecule is COC(=O)N1CCO[C@H](c2ccc(F)cc2)C1. The molecule has 1 aromatic rings. The van der Waals surface area contributed by atoms with Gasteiger partial charge in [0.05, 0.1) is 20.3 Å². The summed E-state index contributed by atoms with van der Waals surface area (Å²) < 4.78 is 23.0. The first-order valence-electron chi connectivity index (χ1n) is 5.40. The second kappa shape index (κ2) is 5.14. The fourth-order valence-electron chi connectivity index (χ4n) is 1.82. The molecular weight excluding hydrogens is 225 g/mol. The van der Waals surface area contributed by atoms with Crippen LogP contribution in [-0.4, -0.2) is 37.8 Å². The summed E-state index contributed by atoms with van der Waals surface area (Å²) in [4.78, 5) is 13.0. The van der Waals surface area contributed by atoms with E-state index in [1.807, 2.05) is 0 Å². The summed E-state index contributed by atoms with van der Waals surface area (Å²) in [7, 11) is 1.35. The number of hydrogen-bond donors (Lipinski definition) is 0. The van der Waals surface area contributed by atoms with Gasteiger partial charge in [0.1, 0.15) is 11.9 Å². The molecule has 1 aliphatic heterocycles. The zero-order valence-electron chi connectivity index (χ0n) is 9.56. The third-order valence-corrected chi connectivity index (χ3v) is 2.74. The Balaban J connectivity index is 2.06. The molecule has 0 aliphatic carbocycles. The van der Waals surface area contributed by atoms with Gasteiger partial charge in [0.2, 0.25) is 0 Å². The van der Waals surface area contributed by atoms with Crippen LogP contribution in [0, 0.1) is 5.82 Å². The van der Waals surface area contributed by atoms with E-state index in [1.54, 1.807) is 17.0 Å². The lowest BCUT2D eigenvalue weighted by Crippen LogP contribution is -2.42. The van der Waals surface area contributed by atoms with Crippen LogP contribution in [0.1, 0.15) is 11.7 Å². The molecule has 0 saturated carbocycles. The van der Waals surface area contributed by atoms with Crippen LogP contribution in [0.3, 0.4) is 0 Å². The number of morpholine rings is 1. The summed E-state index contributed by atoms with van der Waals surface area (Å²) in [5, 5.41) is 0. The predicted molar refractivity (Wildman–Crippen MR) is 59.1 cm³/mol. The van der Waals surface area contributed by atoms with Crippen LogP contribution < -0.4 is 0 Å². The van der Waals surface area contributed by atoms with Crippen LogP contribution in [0.4, 0.5) is 9.18 Å². The standard InChI is InChI=1S/C12H14FNO3/c1-16-12(15)14-6-7-17-11(8-14)9-2-4-10(13)5-3-9/h2-5,11H,6-8H2,1H3/t11-/m0/s1. The van der Waals surface area contributed by atoms with Crippen molar-refractivity contribution in [1.82, 2.24) is 4.90 Å². The Morgan fingerprint density at radius 1 is 1.47 bits per heavy atom. The van der Waals surface area contributed by atoms with E-state index in [0.717, 1.165) is 5.56 Å². The monoisotopic (exact) mass is 239 g/mol. The van der Waals surface area contributed by atoms with Crippen LogP contribution in [0.2, 0.25) is 0 Å². The number of rotatable bonds is 1. The van der Waals surface area contributed by atoms with Gasteiger partial charge in [0.25, 0.3) is 0 Å². The molecule has 0 aromatic heterocycles. The van der Waals surface area contributed by atoms with Crippen molar-refractivity contribution in [2.24, 2.45) is 0 Å². The molecule has 2 rings (SSSR count). The maximum Gasteiger partial charge on any atom is 0.409 e. The zero-order valence-corrected chi connectivity index (χ0v) is 9.56. The number of nitrogens with zero attached hydrogens (tertiary/aromatic N) is 1. The van der Waals surface area contributed by atoms with Crippen molar-refractivity contribution in [2.45, 2.75) is 6.10 Å².